The maximum Gasteiger partial charge on any atom is 0.240 e. The van der Waals surface area contributed by atoms with Crippen molar-refractivity contribution in [3.8, 4) is 0 Å². The fourth-order valence-corrected chi connectivity index (χ4v) is 9.78. The molecular weight excluding hydrogens is 400 g/mol. The van der Waals surface area contributed by atoms with Crippen LogP contribution in [0.3, 0.4) is 0 Å². The lowest BCUT2D eigenvalue weighted by atomic mass is 9.41. The molecule has 5 heteroatoms. The minimum atomic E-state index is -0.218. The number of amidine groups is 1. The molecule has 3 unspecified atom stereocenters. The van der Waals surface area contributed by atoms with Gasteiger partial charge in [0.25, 0.3) is 0 Å². The fraction of sp³-hybridized carbons (Fsp3) is 0.889. The minimum Gasteiger partial charge on any atom is -0.393 e. The van der Waals surface area contributed by atoms with Crippen molar-refractivity contribution in [1.82, 2.24) is 5.48 Å². The number of aliphatic hydroxyl groups excluding tert-OH is 2. The Hall–Kier alpha value is -1.07. The lowest BCUT2D eigenvalue weighted by Gasteiger charge is -2.64. The molecule has 4 fully saturated rings. The molecule has 0 amide bonds. The van der Waals surface area contributed by atoms with Crippen LogP contribution in [0.25, 0.3) is 0 Å². The van der Waals surface area contributed by atoms with Gasteiger partial charge in [0.1, 0.15) is 5.84 Å². The molecule has 11 atom stereocenters. The van der Waals surface area contributed by atoms with Crippen molar-refractivity contribution in [1.29, 1.82) is 0 Å². The van der Waals surface area contributed by atoms with Gasteiger partial charge in [0.2, 0.25) is 5.88 Å². The van der Waals surface area contributed by atoms with Gasteiger partial charge in [0.05, 0.1) is 12.2 Å². The average Bonchev–Trinajstić information content (AvgIpc) is 3.32. The number of fused-ring (bicyclic) bond motifs is 5. The van der Waals surface area contributed by atoms with Crippen molar-refractivity contribution >= 4 is 5.84 Å². The Morgan fingerprint density at radius 2 is 1.81 bits per heavy atom. The second-order valence-electron chi connectivity index (χ2n) is 12.5. The third-order valence-corrected chi connectivity index (χ3v) is 11.2. The van der Waals surface area contributed by atoms with Gasteiger partial charge in [0, 0.05) is 6.42 Å². The molecule has 4 saturated carbocycles. The molecule has 0 bridgehead atoms. The summed E-state index contributed by atoms with van der Waals surface area (Å²) >= 11 is 0. The van der Waals surface area contributed by atoms with Crippen molar-refractivity contribution in [2.75, 3.05) is 0 Å². The highest BCUT2D eigenvalue weighted by molar-refractivity contribution is 5.83. The lowest BCUT2D eigenvalue weighted by Crippen LogP contribution is -2.62. The van der Waals surface area contributed by atoms with E-state index in [-0.39, 0.29) is 23.0 Å². The number of nitrogens with zero attached hydrogens (tertiary/aromatic N) is 1. The van der Waals surface area contributed by atoms with Crippen molar-refractivity contribution < 1.29 is 15.1 Å². The molecule has 180 valence electrons. The smallest absolute Gasteiger partial charge is 0.240 e. The largest absolute Gasteiger partial charge is 0.393 e. The first-order valence-electron chi connectivity index (χ1n) is 13.2. The first-order valence-corrected chi connectivity index (χ1v) is 13.2. The zero-order valence-electron chi connectivity index (χ0n) is 20.5. The standard InChI is InChI=1S/C27H44N2O3/c1-6-18-22-14-17(30)9-11-27(22,5)21-10-12-26(4)19(7-8-20(26)24(21)25(18)31)15(2)13-23-28-16(3)32-29-23/h15,17-22,24-25,30-31H,3,6-14H2,1-2,4-5H3,(H,28,29)/t15-,17-,18-,19-,20?,21?,22+,24?,25-,26-,27-/m1/s1. The van der Waals surface area contributed by atoms with Crippen LogP contribution in [0.1, 0.15) is 85.5 Å². The first kappa shape index (κ1) is 22.7. The van der Waals surface area contributed by atoms with Gasteiger partial charge in [0.15, 0.2) is 0 Å². The molecule has 0 aromatic heterocycles. The summed E-state index contributed by atoms with van der Waals surface area (Å²) in [5.74, 6) is 4.95. The third kappa shape index (κ3) is 3.28. The molecule has 5 aliphatic rings. The molecular formula is C27H44N2O3. The second-order valence-corrected chi connectivity index (χ2v) is 12.5. The predicted octanol–water partition coefficient (Wildman–Crippen LogP) is 5.04. The summed E-state index contributed by atoms with van der Waals surface area (Å²) in [6.45, 7) is 13.5. The first-order chi connectivity index (χ1) is 15.2. The van der Waals surface area contributed by atoms with E-state index in [1.54, 1.807) is 0 Å². The van der Waals surface area contributed by atoms with E-state index < -0.39 is 0 Å². The Labute approximate surface area is 194 Å². The molecule has 0 aromatic rings. The summed E-state index contributed by atoms with van der Waals surface area (Å²) < 4.78 is 0. The summed E-state index contributed by atoms with van der Waals surface area (Å²) in [4.78, 5) is 9.65. The Morgan fingerprint density at radius 3 is 2.50 bits per heavy atom. The van der Waals surface area contributed by atoms with Crippen molar-refractivity contribution in [2.24, 2.45) is 57.2 Å². The lowest BCUT2D eigenvalue weighted by molar-refractivity contribution is -0.203. The van der Waals surface area contributed by atoms with Gasteiger partial charge >= 0.3 is 0 Å². The second kappa shape index (κ2) is 8.01. The van der Waals surface area contributed by atoms with Crippen LogP contribution >= 0.6 is 0 Å². The van der Waals surface area contributed by atoms with Crippen LogP contribution in [0, 0.1) is 52.3 Å². The Balaban J connectivity index is 1.41. The topological polar surface area (TPSA) is 74.1 Å². The molecule has 1 heterocycles. The zero-order chi connectivity index (χ0) is 22.8. The molecule has 5 rings (SSSR count). The number of hydrogen-bond donors (Lipinski definition) is 3. The molecule has 1 aliphatic heterocycles. The summed E-state index contributed by atoms with van der Waals surface area (Å²) in [5, 5.41) is 22.3. The van der Waals surface area contributed by atoms with Gasteiger partial charge in [-0.3, -0.25) is 0 Å². The van der Waals surface area contributed by atoms with Crippen molar-refractivity contribution in [3.63, 3.8) is 0 Å². The van der Waals surface area contributed by atoms with Crippen LogP contribution in [0.5, 0.6) is 0 Å². The molecule has 3 N–H and O–H groups in total. The monoisotopic (exact) mass is 444 g/mol. The van der Waals surface area contributed by atoms with Crippen LogP contribution in [0.2, 0.25) is 0 Å². The quantitative estimate of drug-likeness (QED) is 0.568. The number of nitrogens with one attached hydrogen (secondary N) is 1. The maximum absolute atomic E-state index is 11.8. The van der Waals surface area contributed by atoms with Gasteiger partial charge < -0.3 is 15.1 Å². The van der Waals surface area contributed by atoms with Gasteiger partial charge in [-0.2, -0.15) is 4.99 Å². The Bertz CT molecular complexity index is 783. The van der Waals surface area contributed by atoms with Gasteiger partial charge in [-0.15, -0.1) is 0 Å². The van der Waals surface area contributed by atoms with E-state index >= 15 is 0 Å². The van der Waals surface area contributed by atoms with E-state index in [4.69, 9.17) is 4.84 Å². The highest BCUT2D eigenvalue weighted by Gasteiger charge is 2.64. The number of hydrogen-bond acceptors (Lipinski definition) is 5. The summed E-state index contributed by atoms with van der Waals surface area (Å²) in [6.07, 6.45) is 9.48. The van der Waals surface area contributed by atoms with Crippen LogP contribution in [-0.2, 0) is 4.84 Å². The Morgan fingerprint density at radius 1 is 1.09 bits per heavy atom. The van der Waals surface area contributed by atoms with Crippen LogP contribution in [0.15, 0.2) is 17.5 Å². The SMILES string of the molecule is C=C1N=C(C[C@@H](C)[C@H]2CCC3C4C(CC[C@@]32C)[C@@]2(C)CC[C@@H](O)C[C@H]2[C@@H](CC)[C@H]4O)NO1. The molecule has 4 aliphatic carbocycles. The molecule has 0 spiro atoms. The van der Waals surface area contributed by atoms with E-state index in [9.17, 15) is 10.2 Å². The maximum atomic E-state index is 11.8. The minimum absolute atomic E-state index is 0.177. The number of aliphatic hydroxyl groups is 2. The van der Waals surface area contributed by atoms with E-state index in [0.717, 1.165) is 37.9 Å². The normalized spacial score (nSPS) is 51.1. The summed E-state index contributed by atoms with van der Waals surface area (Å²) in [6, 6.07) is 0. The number of aliphatic imine (C=N–C) groups is 1. The van der Waals surface area contributed by atoms with E-state index in [0.29, 0.717) is 47.3 Å². The molecule has 0 aromatic carbocycles. The summed E-state index contributed by atoms with van der Waals surface area (Å²) in [5.41, 5.74) is 3.50. The van der Waals surface area contributed by atoms with Crippen LogP contribution < -0.4 is 5.48 Å². The zero-order valence-corrected chi connectivity index (χ0v) is 20.5. The number of hydroxylamine groups is 1. The van der Waals surface area contributed by atoms with Crippen LogP contribution in [0.4, 0.5) is 0 Å². The summed E-state index contributed by atoms with van der Waals surface area (Å²) in [7, 11) is 0. The van der Waals surface area contributed by atoms with E-state index in [2.05, 4.69) is 44.7 Å². The molecule has 5 nitrogen and oxygen atoms in total. The van der Waals surface area contributed by atoms with Gasteiger partial charge in [-0.25, -0.2) is 5.48 Å². The van der Waals surface area contributed by atoms with Gasteiger partial charge in [-0.1, -0.05) is 34.1 Å². The van der Waals surface area contributed by atoms with E-state index in [1.807, 2.05) is 0 Å². The van der Waals surface area contributed by atoms with Crippen molar-refractivity contribution in [3.05, 3.63) is 12.5 Å². The van der Waals surface area contributed by atoms with Gasteiger partial charge in [-0.05, 0) is 104 Å². The van der Waals surface area contributed by atoms with E-state index in [1.165, 1.54) is 25.7 Å². The number of rotatable bonds is 4. The van der Waals surface area contributed by atoms with Crippen LogP contribution in [-0.4, -0.2) is 28.3 Å². The van der Waals surface area contributed by atoms with Crippen molar-refractivity contribution in [2.45, 2.75) is 97.7 Å². The molecule has 0 saturated heterocycles. The highest BCUT2D eigenvalue weighted by atomic mass is 16.7. The third-order valence-electron chi connectivity index (χ3n) is 11.2. The fourth-order valence-electron chi connectivity index (χ4n) is 9.78. The molecule has 32 heavy (non-hydrogen) atoms. The Kier molecular flexibility index (Phi) is 5.68. The molecule has 0 radical (unpaired) electrons. The highest BCUT2D eigenvalue weighted by Crippen LogP contribution is 2.69. The predicted molar refractivity (Wildman–Crippen MR) is 126 cm³/mol. The average molecular weight is 445 g/mol.